The van der Waals surface area contributed by atoms with Gasteiger partial charge in [0.2, 0.25) is 6.08 Å². The van der Waals surface area contributed by atoms with E-state index in [-0.39, 0.29) is 0 Å². The molecule has 0 aliphatic rings. The largest absolute Gasteiger partial charge is 0.231 e. The standard InChI is InChI=1S/C5H12.CHNO/c1-4-5(2)3;2-1-3/h5H,4H2,1-3H3;2H. The molecule has 0 rings (SSSR count). The van der Waals surface area contributed by atoms with Crippen molar-refractivity contribution in [3.05, 3.63) is 0 Å². The fourth-order valence-corrected chi connectivity index (χ4v) is 0. The summed E-state index contributed by atoms with van der Waals surface area (Å²) in [5, 5.41) is 5.40. The van der Waals surface area contributed by atoms with Gasteiger partial charge in [-0.05, 0) is 5.92 Å². The quantitative estimate of drug-likeness (QED) is 0.412. The van der Waals surface area contributed by atoms with E-state index >= 15 is 0 Å². The van der Waals surface area contributed by atoms with Crippen LogP contribution in [0.1, 0.15) is 27.2 Å². The monoisotopic (exact) mass is 115 g/mol. The molecule has 0 aliphatic heterocycles. The van der Waals surface area contributed by atoms with Crippen LogP contribution in [0.4, 0.5) is 0 Å². The van der Waals surface area contributed by atoms with Gasteiger partial charge >= 0.3 is 0 Å². The van der Waals surface area contributed by atoms with Gasteiger partial charge in [0.25, 0.3) is 0 Å². The predicted octanol–water partition coefficient (Wildman–Crippen LogP) is 1.95. The molecule has 0 spiro atoms. The Hall–Kier alpha value is -0.620. The Bertz CT molecular complexity index is 62.9. The first-order chi connectivity index (χ1) is 3.68. The van der Waals surface area contributed by atoms with E-state index in [0.29, 0.717) is 0 Å². The van der Waals surface area contributed by atoms with Crippen molar-refractivity contribution in [1.82, 2.24) is 0 Å². The molecule has 0 aromatic carbocycles. The third kappa shape index (κ3) is 54.2. The van der Waals surface area contributed by atoms with Crippen LogP contribution in [-0.4, -0.2) is 6.08 Å². The molecule has 0 unspecified atom stereocenters. The van der Waals surface area contributed by atoms with E-state index < -0.39 is 0 Å². The first-order valence-electron chi connectivity index (χ1n) is 2.72. The van der Waals surface area contributed by atoms with Gasteiger partial charge in [0, 0.05) is 0 Å². The van der Waals surface area contributed by atoms with Crippen LogP contribution in [-0.2, 0) is 4.79 Å². The molecule has 0 atom stereocenters. The van der Waals surface area contributed by atoms with Crippen molar-refractivity contribution < 1.29 is 4.79 Å². The van der Waals surface area contributed by atoms with Gasteiger partial charge in [-0.15, -0.1) is 0 Å². The minimum atomic E-state index is 0.750. The van der Waals surface area contributed by atoms with Gasteiger partial charge < -0.3 is 0 Å². The smallest absolute Gasteiger partial charge is 0.222 e. The second kappa shape index (κ2) is 9.63. The Kier molecular flexibility index (Phi) is 12.5. The molecule has 0 saturated carbocycles. The Labute approximate surface area is 50.4 Å². The molecule has 0 bridgehead atoms. The minimum absolute atomic E-state index is 0.750. The highest BCUT2D eigenvalue weighted by Gasteiger charge is 1.80. The van der Waals surface area contributed by atoms with Gasteiger partial charge in [0.1, 0.15) is 0 Å². The van der Waals surface area contributed by atoms with Crippen LogP contribution in [0.3, 0.4) is 0 Å². The number of nitrogens with one attached hydrogen (secondary N) is 1. The van der Waals surface area contributed by atoms with E-state index in [9.17, 15) is 0 Å². The van der Waals surface area contributed by atoms with Gasteiger partial charge in [0.15, 0.2) is 0 Å². The van der Waals surface area contributed by atoms with E-state index in [2.05, 4.69) is 20.8 Å². The molecule has 0 aromatic heterocycles. The van der Waals surface area contributed by atoms with Crippen molar-refractivity contribution in [2.24, 2.45) is 5.92 Å². The number of rotatable bonds is 1. The lowest BCUT2D eigenvalue weighted by atomic mass is 10.2. The topological polar surface area (TPSA) is 40.9 Å². The molecule has 0 aromatic rings. The maximum Gasteiger partial charge on any atom is 0.231 e. The second-order valence-corrected chi connectivity index (χ2v) is 1.90. The highest BCUT2D eigenvalue weighted by atomic mass is 16.1. The zero-order valence-corrected chi connectivity index (χ0v) is 5.69. The molecular formula is C6H13NO. The molecule has 0 aliphatic carbocycles. The fourth-order valence-electron chi connectivity index (χ4n) is 0. The van der Waals surface area contributed by atoms with Crippen LogP contribution in [0, 0.1) is 11.3 Å². The SMILES string of the molecule is CCC(C)C.N=C=O. The van der Waals surface area contributed by atoms with Crippen molar-refractivity contribution in [3.63, 3.8) is 0 Å². The third-order valence-corrected chi connectivity index (χ3v) is 0.816. The molecule has 0 fully saturated rings. The van der Waals surface area contributed by atoms with Crippen molar-refractivity contribution in [2.75, 3.05) is 0 Å². The number of hydrogen-bond donors (Lipinski definition) is 1. The van der Waals surface area contributed by atoms with Crippen molar-refractivity contribution in [3.8, 4) is 0 Å². The predicted molar refractivity (Wildman–Crippen MR) is 33.5 cm³/mol. The van der Waals surface area contributed by atoms with E-state index in [1.165, 1.54) is 6.42 Å². The Balaban J connectivity index is 0. The molecule has 8 heavy (non-hydrogen) atoms. The summed E-state index contributed by atoms with van der Waals surface area (Å²) < 4.78 is 0. The Morgan fingerprint density at radius 1 is 1.62 bits per heavy atom. The first kappa shape index (κ1) is 10.4. The lowest BCUT2D eigenvalue weighted by molar-refractivity contribution is 0.563. The van der Waals surface area contributed by atoms with E-state index in [4.69, 9.17) is 10.2 Å². The lowest BCUT2D eigenvalue weighted by Crippen LogP contribution is -1.77. The normalized spacial score (nSPS) is 7.00. The average Bonchev–Trinajstić information content (AvgIpc) is 1.69. The summed E-state index contributed by atoms with van der Waals surface area (Å²) in [5.74, 6) is 0.884. The van der Waals surface area contributed by atoms with Gasteiger partial charge in [-0.1, -0.05) is 27.2 Å². The van der Waals surface area contributed by atoms with Crippen LogP contribution in [0.2, 0.25) is 0 Å². The molecule has 0 amide bonds. The van der Waals surface area contributed by atoms with Gasteiger partial charge in [-0.2, -0.15) is 0 Å². The maximum absolute atomic E-state index is 8.35. The Morgan fingerprint density at radius 3 is 1.75 bits per heavy atom. The summed E-state index contributed by atoms with van der Waals surface area (Å²) in [4.78, 5) is 8.35. The van der Waals surface area contributed by atoms with Crippen LogP contribution >= 0.6 is 0 Å². The first-order valence-corrected chi connectivity index (χ1v) is 2.72. The summed E-state index contributed by atoms with van der Waals surface area (Å²) in [6.45, 7) is 6.64. The number of hydrogen-bond acceptors (Lipinski definition) is 2. The summed E-state index contributed by atoms with van der Waals surface area (Å²) in [6, 6.07) is 0. The maximum atomic E-state index is 8.35. The van der Waals surface area contributed by atoms with E-state index in [0.717, 1.165) is 12.0 Å². The van der Waals surface area contributed by atoms with Crippen molar-refractivity contribution in [2.45, 2.75) is 27.2 Å². The van der Waals surface area contributed by atoms with Gasteiger partial charge in [-0.25, -0.2) is 10.2 Å². The summed E-state index contributed by atoms with van der Waals surface area (Å²) in [5.41, 5.74) is 0. The zero-order chi connectivity index (χ0) is 6.99. The molecule has 2 nitrogen and oxygen atoms in total. The van der Waals surface area contributed by atoms with Gasteiger partial charge in [0.05, 0.1) is 0 Å². The molecule has 48 valence electrons. The molecule has 0 radical (unpaired) electrons. The third-order valence-electron chi connectivity index (χ3n) is 0.816. The van der Waals surface area contributed by atoms with Crippen LogP contribution in [0.25, 0.3) is 0 Å². The van der Waals surface area contributed by atoms with E-state index in [1.807, 2.05) is 0 Å². The van der Waals surface area contributed by atoms with Crippen molar-refractivity contribution >= 4 is 6.08 Å². The fraction of sp³-hybridized carbons (Fsp3) is 0.833. The average molecular weight is 115 g/mol. The van der Waals surface area contributed by atoms with Crippen LogP contribution in [0.15, 0.2) is 0 Å². The number of carbonyl (C=O) groups excluding carboxylic acids is 1. The van der Waals surface area contributed by atoms with Gasteiger partial charge in [-0.3, -0.25) is 0 Å². The highest BCUT2D eigenvalue weighted by Crippen LogP contribution is 1.93. The van der Waals surface area contributed by atoms with E-state index in [1.54, 1.807) is 0 Å². The lowest BCUT2D eigenvalue weighted by Gasteiger charge is -1.90. The summed E-state index contributed by atoms with van der Waals surface area (Å²) in [6.07, 6.45) is 2.06. The minimum Gasteiger partial charge on any atom is -0.222 e. The van der Waals surface area contributed by atoms with Crippen LogP contribution < -0.4 is 0 Å². The summed E-state index contributed by atoms with van der Waals surface area (Å²) >= 11 is 0. The highest BCUT2D eigenvalue weighted by molar-refractivity contribution is 5.26. The number of isocyanates is 1. The second-order valence-electron chi connectivity index (χ2n) is 1.90. The van der Waals surface area contributed by atoms with Crippen LogP contribution in [0.5, 0.6) is 0 Å². The zero-order valence-electron chi connectivity index (χ0n) is 5.69. The molecular weight excluding hydrogens is 102 g/mol. The molecule has 0 heterocycles. The Morgan fingerprint density at radius 2 is 1.75 bits per heavy atom. The summed E-state index contributed by atoms with van der Waals surface area (Å²) in [7, 11) is 0. The molecule has 0 saturated heterocycles. The molecule has 2 heteroatoms. The molecule has 1 N–H and O–H groups in total. The van der Waals surface area contributed by atoms with Crippen molar-refractivity contribution in [1.29, 1.82) is 5.41 Å².